The number of nitrogens with zero attached hydrogens (tertiary/aromatic N) is 4. The molecule has 0 aliphatic carbocycles. The molecule has 3 aromatic heterocycles. The van der Waals surface area contributed by atoms with Crippen LogP contribution in [0, 0.1) is 12.7 Å². The number of aromatic nitrogens is 5. The van der Waals surface area contributed by atoms with E-state index in [9.17, 15) is 9.59 Å². The Morgan fingerprint density at radius 2 is 1.83 bits per heavy atom. The van der Waals surface area contributed by atoms with Gasteiger partial charge in [0.05, 0.1) is 22.4 Å². The van der Waals surface area contributed by atoms with Gasteiger partial charge in [-0.2, -0.15) is 5.10 Å². The third-order valence-corrected chi connectivity index (χ3v) is 7.13. The fourth-order valence-electron chi connectivity index (χ4n) is 4.33. The molecule has 5 aromatic rings. The predicted molar refractivity (Wildman–Crippen MR) is 159 cm³/mol. The Kier molecular flexibility index (Phi) is 7.86. The van der Waals surface area contributed by atoms with E-state index in [4.69, 9.17) is 9.84 Å². The number of aromatic amines is 1. The van der Waals surface area contributed by atoms with Gasteiger partial charge in [-0.25, -0.2) is 19.0 Å². The lowest BCUT2D eigenvalue weighted by Gasteiger charge is -2.14. The summed E-state index contributed by atoms with van der Waals surface area (Å²) in [6, 6.07) is 15.9. The van der Waals surface area contributed by atoms with Gasteiger partial charge in [-0.3, -0.25) is 9.59 Å². The molecule has 41 heavy (non-hydrogen) atoms. The van der Waals surface area contributed by atoms with E-state index in [2.05, 4.69) is 51.7 Å². The maximum Gasteiger partial charge on any atom is 0.272 e. The zero-order valence-electron chi connectivity index (χ0n) is 23.2. The zero-order valence-corrected chi connectivity index (χ0v) is 24.8. The second kappa shape index (κ2) is 11.4. The molecule has 1 N–H and O–H groups in total. The molecule has 5 rings (SSSR count). The molecule has 2 aromatic carbocycles. The van der Waals surface area contributed by atoms with Crippen LogP contribution in [0.2, 0.25) is 0 Å². The molecule has 0 saturated carbocycles. The fraction of sp³-hybridized carbons (Fsp3) is 0.258. The van der Waals surface area contributed by atoms with Crippen LogP contribution >= 0.6 is 15.9 Å². The van der Waals surface area contributed by atoms with Crippen molar-refractivity contribution in [1.82, 2.24) is 24.7 Å². The van der Waals surface area contributed by atoms with Crippen LogP contribution in [0.3, 0.4) is 0 Å². The van der Waals surface area contributed by atoms with Crippen molar-refractivity contribution in [2.75, 3.05) is 0 Å². The first-order valence-electron chi connectivity index (χ1n) is 13.1. The summed E-state index contributed by atoms with van der Waals surface area (Å²) in [6.07, 6.45) is 1.50. The smallest absolute Gasteiger partial charge is 0.272 e. The molecule has 210 valence electrons. The van der Waals surface area contributed by atoms with Gasteiger partial charge < -0.3 is 9.72 Å². The first kappa shape index (κ1) is 28.4. The lowest BCUT2D eigenvalue weighted by molar-refractivity contribution is -0.117. The van der Waals surface area contributed by atoms with E-state index in [1.54, 1.807) is 22.9 Å². The normalized spacial score (nSPS) is 11.7. The fourth-order valence-corrected chi connectivity index (χ4v) is 4.71. The number of H-pyrrole nitrogens is 1. The Morgan fingerprint density at radius 3 is 2.51 bits per heavy atom. The number of aryl methyl sites for hydroxylation is 1. The van der Waals surface area contributed by atoms with Crippen molar-refractivity contribution in [1.29, 1.82) is 0 Å². The number of fused-ring (bicyclic) bond motifs is 1. The number of carbonyl (C=O) groups is 1. The average Bonchev–Trinajstić information content (AvgIpc) is 3.34. The molecule has 0 aliphatic rings. The summed E-state index contributed by atoms with van der Waals surface area (Å²) in [7, 11) is 0. The maximum atomic E-state index is 15.1. The molecule has 0 spiro atoms. The van der Waals surface area contributed by atoms with Crippen LogP contribution in [0.25, 0.3) is 16.9 Å². The van der Waals surface area contributed by atoms with Crippen molar-refractivity contribution < 1.29 is 13.9 Å². The summed E-state index contributed by atoms with van der Waals surface area (Å²) < 4.78 is 22.8. The number of ketones is 1. The van der Waals surface area contributed by atoms with Gasteiger partial charge in [0.15, 0.2) is 11.4 Å². The van der Waals surface area contributed by atoms with Gasteiger partial charge in [-0.15, -0.1) is 0 Å². The Hall–Kier alpha value is -4.18. The van der Waals surface area contributed by atoms with Gasteiger partial charge in [-0.1, -0.05) is 60.5 Å². The van der Waals surface area contributed by atoms with Gasteiger partial charge in [0.1, 0.15) is 28.6 Å². The van der Waals surface area contributed by atoms with Crippen LogP contribution in [0.1, 0.15) is 49.0 Å². The standard InChI is InChI=1S/C31H29BrFN5O3/c1-18-5-8-20(9-6-18)38-21(15-27(37-38)31(2,3)4)14-22(39)13-19-7-10-23(16-24(19)33)41-26-11-12-34-29-28(26)35-25(17-32)30(40)36-29/h5-12,15-16H,13-14,17H2,1-4H3,(H,34,36,40). The molecule has 3 heterocycles. The van der Waals surface area contributed by atoms with Gasteiger partial charge in [-0.05, 0) is 36.8 Å². The molecule has 10 heteroatoms. The van der Waals surface area contributed by atoms with E-state index < -0.39 is 5.82 Å². The van der Waals surface area contributed by atoms with E-state index in [1.807, 2.05) is 37.3 Å². The Bertz CT molecular complexity index is 1810. The minimum absolute atomic E-state index is 0.0777. The third kappa shape index (κ3) is 6.27. The summed E-state index contributed by atoms with van der Waals surface area (Å²) in [4.78, 5) is 36.3. The van der Waals surface area contributed by atoms with Crippen LogP contribution in [0.15, 0.2) is 65.6 Å². The first-order valence-corrected chi connectivity index (χ1v) is 14.2. The molecular formula is C31H29BrFN5O3. The van der Waals surface area contributed by atoms with E-state index in [-0.39, 0.29) is 57.6 Å². The largest absolute Gasteiger partial charge is 0.455 e. The number of Topliss-reactive ketones (excluding diaryl/α,β-unsaturated/α-hetero) is 1. The highest BCUT2D eigenvalue weighted by atomic mass is 79.9. The highest BCUT2D eigenvalue weighted by Gasteiger charge is 2.22. The zero-order chi connectivity index (χ0) is 29.3. The van der Waals surface area contributed by atoms with Crippen molar-refractivity contribution in [3.8, 4) is 17.2 Å². The predicted octanol–water partition coefficient (Wildman–Crippen LogP) is 6.29. The monoisotopic (exact) mass is 617 g/mol. The molecule has 0 atom stereocenters. The van der Waals surface area contributed by atoms with Crippen molar-refractivity contribution >= 4 is 32.9 Å². The van der Waals surface area contributed by atoms with E-state index in [0.29, 0.717) is 11.3 Å². The Labute approximate surface area is 244 Å². The molecule has 0 fully saturated rings. The summed E-state index contributed by atoms with van der Waals surface area (Å²) in [5, 5.41) is 5.05. The molecule has 0 radical (unpaired) electrons. The van der Waals surface area contributed by atoms with Gasteiger partial charge in [0, 0.05) is 36.6 Å². The van der Waals surface area contributed by atoms with Crippen molar-refractivity contribution in [2.45, 2.75) is 51.3 Å². The number of alkyl halides is 1. The van der Waals surface area contributed by atoms with Crippen molar-refractivity contribution in [2.24, 2.45) is 0 Å². The van der Waals surface area contributed by atoms with Crippen molar-refractivity contribution in [3.63, 3.8) is 0 Å². The number of nitrogens with one attached hydrogen (secondary N) is 1. The third-order valence-electron chi connectivity index (χ3n) is 6.60. The van der Waals surface area contributed by atoms with E-state index >= 15 is 4.39 Å². The topological polar surface area (TPSA) is 103 Å². The first-order chi connectivity index (χ1) is 19.5. The highest BCUT2D eigenvalue weighted by Crippen LogP contribution is 2.29. The lowest BCUT2D eigenvalue weighted by atomic mass is 9.92. The summed E-state index contributed by atoms with van der Waals surface area (Å²) in [5.74, 6) is -0.149. The number of benzene rings is 2. The van der Waals surface area contributed by atoms with Gasteiger partial charge >= 0.3 is 0 Å². The second-order valence-corrected chi connectivity index (χ2v) is 11.5. The molecule has 0 saturated heterocycles. The lowest BCUT2D eigenvalue weighted by Crippen LogP contribution is -2.14. The number of hydrogen-bond donors (Lipinski definition) is 1. The molecular weight excluding hydrogens is 589 g/mol. The maximum absolute atomic E-state index is 15.1. The molecule has 8 nitrogen and oxygen atoms in total. The van der Waals surface area contributed by atoms with Crippen LogP contribution in [-0.2, 0) is 28.4 Å². The number of halogens is 2. The molecule has 0 unspecified atom stereocenters. The summed E-state index contributed by atoms with van der Waals surface area (Å²) >= 11 is 3.25. The number of pyridine rings is 1. The molecule has 0 amide bonds. The van der Waals surface area contributed by atoms with E-state index in [0.717, 1.165) is 22.6 Å². The minimum atomic E-state index is -0.556. The number of rotatable bonds is 8. The van der Waals surface area contributed by atoms with E-state index in [1.165, 1.54) is 12.3 Å². The van der Waals surface area contributed by atoms with Crippen LogP contribution in [0.4, 0.5) is 4.39 Å². The number of hydrogen-bond acceptors (Lipinski definition) is 6. The van der Waals surface area contributed by atoms with Crippen LogP contribution < -0.4 is 10.3 Å². The minimum Gasteiger partial charge on any atom is -0.455 e. The average molecular weight is 619 g/mol. The number of carbonyl (C=O) groups excluding carboxylic acids is 1. The van der Waals surface area contributed by atoms with Crippen LogP contribution in [-0.4, -0.2) is 30.5 Å². The molecule has 0 bridgehead atoms. The second-order valence-electron chi connectivity index (χ2n) is 10.9. The summed E-state index contributed by atoms with van der Waals surface area (Å²) in [5.41, 5.74) is 4.22. The molecule has 0 aliphatic heterocycles. The quantitative estimate of drug-likeness (QED) is 0.205. The Morgan fingerprint density at radius 1 is 1.07 bits per heavy atom. The Balaban J connectivity index is 1.35. The highest BCUT2D eigenvalue weighted by molar-refractivity contribution is 9.08. The van der Waals surface area contributed by atoms with Gasteiger partial charge in [0.2, 0.25) is 0 Å². The summed E-state index contributed by atoms with van der Waals surface area (Å²) in [6.45, 7) is 8.24. The van der Waals surface area contributed by atoms with Gasteiger partial charge in [0.25, 0.3) is 5.56 Å². The SMILES string of the molecule is Cc1ccc(-n2nc(C(C)(C)C)cc2CC(=O)Cc2ccc(Oc3ccnc4[nH]c(=O)c(CBr)nc34)cc2F)cc1. The number of ether oxygens (including phenoxy) is 1. The van der Waals surface area contributed by atoms with Crippen molar-refractivity contribution in [3.05, 3.63) is 105 Å². The van der Waals surface area contributed by atoms with Crippen LogP contribution in [0.5, 0.6) is 11.5 Å².